The normalized spacial score (nSPS) is 11.3. The summed E-state index contributed by atoms with van der Waals surface area (Å²) in [6, 6.07) is 2.08. The highest BCUT2D eigenvalue weighted by molar-refractivity contribution is 9.10. The van der Waals surface area contributed by atoms with Gasteiger partial charge < -0.3 is 5.73 Å². The second kappa shape index (κ2) is 6.37. The number of primary amides is 1. The zero-order valence-corrected chi connectivity index (χ0v) is 12.0. The SMILES string of the molecule is CC(C)CN(CC(N)=O)Cc1cc(Br)cs1. The van der Waals surface area contributed by atoms with E-state index in [-0.39, 0.29) is 5.91 Å². The van der Waals surface area contributed by atoms with Crippen LogP contribution in [0.4, 0.5) is 0 Å². The van der Waals surface area contributed by atoms with E-state index in [1.807, 2.05) is 5.38 Å². The molecule has 0 fully saturated rings. The van der Waals surface area contributed by atoms with Gasteiger partial charge in [-0.3, -0.25) is 9.69 Å². The lowest BCUT2D eigenvalue weighted by atomic mass is 10.2. The van der Waals surface area contributed by atoms with Crippen LogP contribution in [0.25, 0.3) is 0 Å². The average Bonchev–Trinajstić information content (AvgIpc) is 2.48. The third-order valence-electron chi connectivity index (χ3n) is 2.00. The Morgan fingerprint density at radius 3 is 2.75 bits per heavy atom. The lowest BCUT2D eigenvalue weighted by molar-refractivity contribution is -0.119. The second-order valence-electron chi connectivity index (χ2n) is 4.26. The number of carbonyl (C=O) groups excluding carboxylic acids is 1. The van der Waals surface area contributed by atoms with E-state index in [0.29, 0.717) is 12.5 Å². The monoisotopic (exact) mass is 304 g/mol. The van der Waals surface area contributed by atoms with Crippen LogP contribution in [-0.2, 0) is 11.3 Å². The minimum absolute atomic E-state index is 0.267. The van der Waals surface area contributed by atoms with E-state index in [1.165, 1.54) is 4.88 Å². The molecule has 0 atom stereocenters. The van der Waals surface area contributed by atoms with Gasteiger partial charge in [0.15, 0.2) is 0 Å². The molecule has 5 heteroatoms. The lowest BCUT2D eigenvalue weighted by Gasteiger charge is -2.21. The van der Waals surface area contributed by atoms with E-state index in [1.54, 1.807) is 11.3 Å². The highest BCUT2D eigenvalue weighted by atomic mass is 79.9. The molecule has 0 unspecified atom stereocenters. The van der Waals surface area contributed by atoms with Crippen LogP contribution in [0.1, 0.15) is 18.7 Å². The Balaban J connectivity index is 2.58. The number of thiophene rings is 1. The van der Waals surface area contributed by atoms with Crippen molar-refractivity contribution in [1.29, 1.82) is 0 Å². The van der Waals surface area contributed by atoms with Gasteiger partial charge in [-0.25, -0.2) is 0 Å². The fourth-order valence-corrected chi connectivity index (χ4v) is 3.07. The third kappa shape index (κ3) is 5.09. The van der Waals surface area contributed by atoms with E-state index in [4.69, 9.17) is 5.73 Å². The van der Waals surface area contributed by atoms with Crippen molar-refractivity contribution in [3.05, 3.63) is 20.8 Å². The maximum absolute atomic E-state index is 11.0. The molecular weight excluding hydrogens is 288 g/mol. The van der Waals surface area contributed by atoms with Crippen molar-refractivity contribution in [3.63, 3.8) is 0 Å². The number of nitrogens with zero attached hydrogens (tertiary/aromatic N) is 1. The quantitative estimate of drug-likeness (QED) is 0.877. The van der Waals surface area contributed by atoms with Gasteiger partial charge in [-0.2, -0.15) is 0 Å². The lowest BCUT2D eigenvalue weighted by Crippen LogP contribution is -2.35. The topological polar surface area (TPSA) is 46.3 Å². The molecule has 1 amide bonds. The summed E-state index contributed by atoms with van der Waals surface area (Å²) in [6.45, 7) is 6.28. The van der Waals surface area contributed by atoms with Gasteiger partial charge in [0.05, 0.1) is 6.54 Å². The predicted molar refractivity (Wildman–Crippen MR) is 71.3 cm³/mol. The molecule has 0 aromatic carbocycles. The molecule has 1 heterocycles. The van der Waals surface area contributed by atoms with Crippen molar-refractivity contribution in [2.75, 3.05) is 13.1 Å². The van der Waals surface area contributed by atoms with Crippen molar-refractivity contribution >= 4 is 33.2 Å². The summed E-state index contributed by atoms with van der Waals surface area (Å²) in [5.41, 5.74) is 5.24. The van der Waals surface area contributed by atoms with Crippen molar-refractivity contribution in [2.45, 2.75) is 20.4 Å². The largest absolute Gasteiger partial charge is 0.369 e. The van der Waals surface area contributed by atoms with E-state index in [9.17, 15) is 4.79 Å². The van der Waals surface area contributed by atoms with E-state index < -0.39 is 0 Å². The molecule has 90 valence electrons. The first-order chi connectivity index (χ1) is 7.47. The van der Waals surface area contributed by atoms with Crippen molar-refractivity contribution in [3.8, 4) is 0 Å². The first-order valence-electron chi connectivity index (χ1n) is 5.21. The van der Waals surface area contributed by atoms with Gasteiger partial charge >= 0.3 is 0 Å². The van der Waals surface area contributed by atoms with Crippen LogP contribution in [0, 0.1) is 5.92 Å². The molecule has 0 aliphatic heterocycles. The Morgan fingerprint density at radius 1 is 1.62 bits per heavy atom. The maximum Gasteiger partial charge on any atom is 0.231 e. The molecule has 0 saturated heterocycles. The predicted octanol–water partition coefficient (Wildman–Crippen LogP) is 2.45. The molecule has 0 radical (unpaired) electrons. The Labute approximate surface area is 109 Å². The van der Waals surface area contributed by atoms with E-state index in [2.05, 4.69) is 40.7 Å². The Bertz CT molecular complexity index is 352. The van der Waals surface area contributed by atoms with Gasteiger partial charge in [-0.05, 0) is 27.9 Å². The smallest absolute Gasteiger partial charge is 0.231 e. The number of rotatable bonds is 6. The first kappa shape index (κ1) is 13.7. The summed E-state index contributed by atoms with van der Waals surface area (Å²) in [7, 11) is 0. The highest BCUT2D eigenvalue weighted by Crippen LogP contribution is 2.21. The Hall–Kier alpha value is -0.390. The van der Waals surface area contributed by atoms with Crippen LogP contribution in [0.5, 0.6) is 0 Å². The van der Waals surface area contributed by atoms with Gasteiger partial charge in [0.25, 0.3) is 0 Å². The fraction of sp³-hybridized carbons (Fsp3) is 0.545. The van der Waals surface area contributed by atoms with Gasteiger partial charge in [0, 0.05) is 27.8 Å². The summed E-state index contributed by atoms with van der Waals surface area (Å²) in [6.07, 6.45) is 0. The van der Waals surface area contributed by atoms with Crippen molar-refractivity contribution < 1.29 is 4.79 Å². The van der Waals surface area contributed by atoms with Crippen LogP contribution in [0.3, 0.4) is 0 Å². The van der Waals surface area contributed by atoms with Crippen LogP contribution in [0.2, 0.25) is 0 Å². The number of amides is 1. The molecule has 0 bridgehead atoms. The van der Waals surface area contributed by atoms with Crippen molar-refractivity contribution in [1.82, 2.24) is 4.90 Å². The summed E-state index contributed by atoms with van der Waals surface area (Å²) in [4.78, 5) is 14.3. The Morgan fingerprint density at radius 2 is 2.31 bits per heavy atom. The van der Waals surface area contributed by atoms with Gasteiger partial charge in [0.2, 0.25) is 5.91 Å². The van der Waals surface area contributed by atoms with E-state index in [0.717, 1.165) is 17.6 Å². The second-order valence-corrected chi connectivity index (χ2v) is 6.17. The minimum atomic E-state index is -0.267. The van der Waals surface area contributed by atoms with E-state index >= 15 is 0 Å². The van der Waals surface area contributed by atoms with Crippen LogP contribution >= 0.6 is 27.3 Å². The summed E-state index contributed by atoms with van der Waals surface area (Å²) < 4.78 is 1.09. The molecule has 0 aliphatic carbocycles. The van der Waals surface area contributed by atoms with Crippen LogP contribution in [0.15, 0.2) is 15.9 Å². The zero-order valence-electron chi connectivity index (χ0n) is 9.57. The molecule has 1 aromatic rings. The number of hydrogen-bond acceptors (Lipinski definition) is 3. The molecule has 0 saturated carbocycles. The van der Waals surface area contributed by atoms with Crippen molar-refractivity contribution in [2.24, 2.45) is 11.7 Å². The van der Waals surface area contributed by atoms with Gasteiger partial charge in [-0.15, -0.1) is 11.3 Å². The fourth-order valence-electron chi connectivity index (χ4n) is 1.58. The Kier molecular flexibility index (Phi) is 5.44. The summed E-state index contributed by atoms with van der Waals surface area (Å²) in [5, 5.41) is 2.05. The summed E-state index contributed by atoms with van der Waals surface area (Å²) in [5.74, 6) is 0.263. The molecular formula is C11H17BrN2OS. The third-order valence-corrected chi connectivity index (χ3v) is 3.69. The molecule has 1 aromatic heterocycles. The number of carbonyl (C=O) groups is 1. The van der Waals surface area contributed by atoms with Gasteiger partial charge in [-0.1, -0.05) is 13.8 Å². The molecule has 0 spiro atoms. The number of hydrogen-bond donors (Lipinski definition) is 1. The average molecular weight is 305 g/mol. The standard InChI is InChI=1S/C11H17BrN2OS/c1-8(2)4-14(6-11(13)15)5-10-3-9(12)7-16-10/h3,7-8H,4-6H2,1-2H3,(H2,13,15). The number of nitrogens with two attached hydrogens (primary N) is 1. The van der Waals surface area contributed by atoms with Crippen LogP contribution in [-0.4, -0.2) is 23.9 Å². The molecule has 3 nitrogen and oxygen atoms in total. The minimum Gasteiger partial charge on any atom is -0.369 e. The summed E-state index contributed by atoms with van der Waals surface area (Å²) >= 11 is 5.12. The molecule has 1 rings (SSSR count). The zero-order chi connectivity index (χ0) is 12.1. The highest BCUT2D eigenvalue weighted by Gasteiger charge is 2.11. The molecule has 0 aliphatic rings. The van der Waals surface area contributed by atoms with Crippen LogP contribution < -0.4 is 5.73 Å². The molecule has 2 N–H and O–H groups in total. The number of halogens is 1. The first-order valence-corrected chi connectivity index (χ1v) is 6.88. The van der Waals surface area contributed by atoms with Gasteiger partial charge in [0.1, 0.15) is 0 Å². The maximum atomic E-state index is 11.0. The molecule has 16 heavy (non-hydrogen) atoms.